The van der Waals surface area contributed by atoms with Crippen LogP contribution in [0.3, 0.4) is 0 Å². The first kappa shape index (κ1) is 27.6. The number of fused-ring (bicyclic) bond motifs is 5. The highest BCUT2D eigenvalue weighted by Gasteiger charge is 2.35. The second-order valence-electron chi connectivity index (χ2n) is 13.1. The van der Waals surface area contributed by atoms with E-state index in [0.717, 1.165) is 12.8 Å². The van der Waals surface area contributed by atoms with Gasteiger partial charge in [0.25, 0.3) is 0 Å². The van der Waals surface area contributed by atoms with E-state index in [9.17, 15) is 0 Å². The van der Waals surface area contributed by atoms with E-state index in [2.05, 4.69) is 161 Å². The van der Waals surface area contributed by atoms with Gasteiger partial charge >= 0.3 is 0 Å². The fourth-order valence-corrected chi connectivity index (χ4v) is 7.66. The summed E-state index contributed by atoms with van der Waals surface area (Å²) in [6.07, 6.45) is 2.05. The summed E-state index contributed by atoms with van der Waals surface area (Å²) in [5.74, 6) is 0. The van der Waals surface area contributed by atoms with E-state index in [-0.39, 0.29) is 5.41 Å². The summed E-state index contributed by atoms with van der Waals surface area (Å²) in [6.45, 7) is 9.21. The molecule has 0 amide bonds. The SMILES string of the molecule is CCc1ccccc1-c1ccc(-c2ccc3cc4cc(-c5ccc6c(c5)C(C)(C)c5ccccc5-6)ccc4cc3c2)cc1CC. The molecule has 0 fully saturated rings. The van der Waals surface area contributed by atoms with Gasteiger partial charge in [-0.3, -0.25) is 0 Å². The van der Waals surface area contributed by atoms with Crippen LogP contribution < -0.4 is 0 Å². The number of hydrogen-bond acceptors (Lipinski definition) is 0. The molecule has 0 aromatic heterocycles. The fourth-order valence-electron chi connectivity index (χ4n) is 7.66. The molecular weight excluding hydrogens is 540 g/mol. The Hall–Kier alpha value is -4.94. The minimum atomic E-state index is 0.00487. The summed E-state index contributed by atoms with van der Waals surface area (Å²) in [6, 6.07) is 50.3. The largest absolute Gasteiger partial charge is 0.0620 e. The standard InChI is InChI=1S/C45H38/c1-5-29-11-7-8-12-39(29)40-21-19-33(23-30(40)6-2)31-15-17-34-27-38-25-32(16-18-35(38)26-37(34)24-31)36-20-22-42-41-13-9-10-14-43(41)45(3,4)44(42)28-36/h7-28H,5-6H2,1-4H3. The molecule has 8 rings (SSSR count). The molecule has 0 aliphatic heterocycles. The van der Waals surface area contributed by atoms with Crippen LogP contribution in [0, 0.1) is 0 Å². The Balaban J connectivity index is 1.15. The van der Waals surface area contributed by atoms with Crippen LogP contribution in [0.1, 0.15) is 49.9 Å². The Kier molecular flexibility index (Phi) is 6.50. The van der Waals surface area contributed by atoms with E-state index in [1.165, 1.54) is 88.3 Å². The van der Waals surface area contributed by atoms with Gasteiger partial charge in [0, 0.05) is 5.41 Å². The average Bonchev–Trinajstić information content (AvgIpc) is 3.32. The first-order valence-corrected chi connectivity index (χ1v) is 16.4. The highest BCUT2D eigenvalue weighted by molar-refractivity contribution is 6.01. The highest BCUT2D eigenvalue weighted by Crippen LogP contribution is 2.49. The maximum Gasteiger partial charge on any atom is 0.0159 e. The zero-order valence-electron chi connectivity index (χ0n) is 26.6. The van der Waals surface area contributed by atoms with Crippen molar-refractivity contribution in [3.8, 4) is 44.5 Å². The van der Waals surface area contributed by atoms with E-state index < -0.39 is 0 Å². The maximum atomic E-state index is 2.42. The van der Waals surface area contributed by atoms with Gasteiger partial charge in [0.15, 0.2) is 0 Å². The van der Waals surface area contributed by atoms with Crippen molar-refractivity contribution < 1.29 is 0 Å². The van der Waals surface area contributed by atoms with Gasteiger partial charge in [-0.15, -0.1) is 0 Å². The summed E-state index contributed by atoms with van der Waals surface area (Å²) >= 11 is 0. The van der Waals surface area contributed by atoms with Gasteiger partial charge in [-0.2, -0.15) is 0 Å². The van der Waals surface area contributed by atoms with Crippen LogP contribution in [0.2, 0.25) is 0 Å². The number of benzene rings is 7. The lowest BCUT2D eigenvalue weighted by molar-refractivity contribution is 0.660. The van der Waals surface area contributed by atoms with Crippen molar-refractivity contribution in [3.05, 3.63) is 156 Å². The molecule has 0 atom stereocenters. The lowest BCUT2D eigenvalue weighted by Gasteiger charge is -2.22. The van der Waals surface area contributed by atoms with Crippen molar-refractivity contribution in [2.75, 3.05) is 0 Å². The van der Waals surface area contributed by atoms with E-state index >= 15 is 0 Å². The lowest BCUT2D eigenvalue weighted by Crippen LogP contribution is -2.14. The van der Waals surface area contributed by atoms with Gasteiger partial charge in [-0.25, -0.2) is 0 Å². The van der Waals surface area contributed by atoms with Gasteiger partial charge in [0.1, 0.15) is 0 Å². The van der Waals surface area contributed by atoms with Crippen molar-refractivity contribution in [1.29, 1.82) is 0 Å². The van der Waals surface area contributed by atoms with Crippen molar-refractivity contribution in [2.24, 2.45) is 0 Å². The Bertz CT molecular complexity index is 2260. The van der Waals surface area contributed by atoms with Crippen LogP contribution in [-0.2, 0) is 18.3 Å². The molecule has 0 unspecified atom stereocenters. The number of hydrogen-bond donors (Lipinski definition) is 0. The average molecular weight is 579 g/mol. The molecule has 0 heterocycles. The summed E-state index contributed by atoms with van der Waals surface area (Å²) in [4.78, 5) is 0. The van der Waals surface area contributed by atoms with Crippen molar-refractivity contribution in [3.63, 3.8) is 0 Å². The fraction of sp³-hybridized carbons (Fsp3) is 0.156. The molecule has 1 aliphatic rings. The summed E-state index contributed by atoms with van der Waals surface area (Å²) in [5, 5.41) is 5.11. The quantitative estimate of drug-likeness (QED) is 0.178. The van der Waals surface area contributed by atoms with E-state index in [1.54, 1.807) is 0 Å². The van der Waals surface area contributed by atoms with Gasteiger partial charge in [0.05, 0.1) is 0 Å². The van der Waals surface area contributed by atoms with Gasteiger partial charge in [-0.1, -0.05) is 131 Å². The van der Waals surface area contributed by atoms with Crippen LogP contribution >= 0.6 is 0 Å². The molecule has 45 heavy (non-hydrogen) atoms. The van der Waals surface area contributed by atoms with Crippen LogP contribution in [-0.4, -0.2) is 0 Å². The lowest BCUT2D eigenvalue weighted by atomic mass is 9.81. The molecule has 0 saturated heterocycles. The molecule has 0 bridgehead atoms. The monoisotopic (exact) mass is 578 g/mol. The zero-order valence-corrected chi connectivity index (χ0v) is 26.6. The second kappa shape index (κ2) is 10.6. The van der Waals surface area contributed by atoms with E-state index in [0.29, 0.717) is 0 Å². The molecule has 218 valence electrons. The van der Waals surface area contributed by atoms with Crippen molar-refractivity contribution in [1.82, 2.24) is 0 Å². The topological polar surface area (TPSA) is 0 Å². The first-order valence-electron chi connectivity index (χ1n) is 16.4. The van der Waals surface area contributed by atoms with Gasteiger partial charge in [0.2, 0.25) is 0 Å². The molecule has 1 aliphatic carbocycles. The highest BCUT2D eigenvalue weighted by atomic mass is 14.4. The van der Waals surface area contributed by atoms with Crippen LogP contribution in [0.5, 0.6) is 0 Å². The third kappa shape index (κ3) is 4.51. The van der Waals surface area contributed by atoms with E-state index in [1.807, 2.05) is 0 Å². The second-order valence-corrected chi connectivity index (χ2v) is 13.1. The molecule has 7 aromatic rings. The zero-order chi connectivity index (χ0) is 30.7. The molecule has 0 nitrogen and oxygen atoms in total. The first-order chi connectivity index (χ1) is 21.9. The third-order valence-corrected chi connectivity index (χ3v) is 10.2. The predicted octanol–water partition coefficient (Wildman–Crippen LogP) is 12.4. The Morgan fingerprint density at radius 3 is 1.53 bits per heavy atom. The van der Waals surface area contributed by atoms with E-state index in [4.69, 9.17) is 0 Å². The minimum absolute atomic E-state index is 0.00487. The molecule has 0 heteroatoms. The van der Waals surface area contributed by atoms with Crippen molar-refractivity contribution in [2.45, 2.75) is 46.0 Å². The third-order valence-electron chi connectivity index (χ3n) is 10.2. The predicted molar refractivity (Wildman–Crippen MR) is 194 cm³/mol. The molecule has 0 N–H and O–H groups in total. The van der Waals surface area contributed by atoms with Crippen LogP contribution in [0.15, 0.2) is 133 Å². The summed E-state index contributed by atoms with van der Waals surface area (Å²) < 4.78 is 0. The molecule has 7 aromatic carbocycles. The minimum Gasteiger partial charge on any atom is -0.0620 e. The normalized spacial score (nSPS) is 13.2. The Labute approximate surface area is 267 Å². The van der Waals surface area contributed by atoms with Crippen LogP contribution in [0.4, 0.5) is 0 Å². The Morgan fingerprint density at radius 2 is 0.867 bits per heavy atom. The van der Waals surface area contributed by atoms with Gasteiger partial charge < -0.3 is 0 Å². The number of rotatable bonds is 5. The number of aryl methyl sites for hydroxylation is 2. The molecule has 0 radical (unpaired) electrons. The molecule has 0 spiro atoms. The van der Waals surface area contributed by atoms with Gasteiger partial charge in [-0.05, 0) is 131 Å². The molecule has 0 saturated carbocycles. The van der Waals surface area contributed by atoms with Crippen LogP contribution in [0.25, 0.3) is 66.1 Å². The maximum absolute atomic E-state index is 2.42. The molecular formula is C45H38. The summed E-state index contributed by atoms with van der Waals surface area (Å²) in [5.41, 5.74) is 16.2. The van der Waals surface area contributed by atoms with Crippen molar-refractivity contribution >= 4 is 21.5 Å². The Morgan fingerprint density at radius 1 is 0.378 bits per heavy atom. The smallest absolute Gasteiger partial charge is 0.0159 e. The summed E-state index contributed by atoms with van der Waals surface area (Å²) in [7, 11) is 0.